The van der Waals surface area contributed by atoms with Crippen molar-refractivity contribution in [2.45, 2.75) is 6.61 Å². The van der Waals surface area contributed by atoms with Crippen molar-refractivity contribution in [3.05, 3.63) is 28.6 Å². The van der Waals surface area contributed by atoms with Crippen molar-refractivity contribution in [3.8, 4) is 0 Å². The molecule has 16 heavy (non-hydrogen) atoms. The van der Waals surface area contributed by atoms with E-state index in [0.717, 1.165) is 4.47 Å². The van der Waals surface area contributed by atoms with E-state index >= 15 is 0 Å². The number of hydrogen-bond donors (Lipinski definition) is 1. The number of carboxylic acid groups (broad SMARTS) is 1. The fourth-order valence-electron chi connectivity index (χ4n) is 1.24. The van der Waals surface area contributed by atoms with Crippen LogP contribution in [0.3, 0.4) is 0 Å². The van der Waals surface area contributed by atoms with Crippen LogP contribution in [0.2, 0.25) is 0 Å². The van der Waals surface area contributed by atoms with E-state index in [2.05, 4.69) is 26.1 Å². The minimum atomic E-state index is -1.00. The van der Waals surface area contributed by atoms with E-state index in [1.54, 1.807) is 16.7 Å². The zero-order chi connectivity index (χ0) is 11.5. The number of fused-ring (bicyclic) bond motifs is 1. The molecule has 0 fully saturated rings. The molecule has 2 heterocycles. The molecule has 0 aliphatic rings. The van der Waals surface area contributed by atoms with Crippen molar-refractivity contribution in [1.29, 1.82) is 0 Å². The highest BCUT2D eigenvalue weighted by Gasteiger charge is 2.06. The standard InChI is InChI=1S/C9H8BrN3O3/c10-6-1-2-7-11-12-8(13(7)3-6)4-16-5-9(14)15/h1-3H,4-5H2,(H,14,15). The maximum Gasteiger partial charge on any atom is 0.329 e. The number of carbonyl (C=O) groups is 1. The summed E-state index contributed by atoms with van der Waals surface area (Å²) in [5.74, 6) is -0.437. The minimum absolute atomic E-state index is 0.115. The number of carboxylic acids is 1. The van der Waals surface area contributed by atoms with E-state index in [9.17, 15) is 4.79 Å². The Balaban J connectivity index is 2.17. The molecular formula is C9H8BrN3O3. The average molecular weight is 286 g/mol. The van der Waals surface area contributed by atoms with Gasteiger partial charge in [-0.15, -0.1) is 10.2 Å². The summed E-state index contributed by atoms with van der Waals surface area (Å²) in [5.41, 5.74) is 0.692. The molecule has 0 saturated heterocycles. The third-order valence-corrected chi connectivity index (χ3v) is 2.36. The summed E-state index contributed by atoms with van der Waals surface area (Å²) in [6.45, 7) is -0.229. The number of aliphatic carboxylic acids is 1. The second-order valence-electron chi connectivity index (χ2n) is 3.08. The second-order valence-corrected chi connectivity index (χ2v) is 3.99. The topological polar surface area (TPSA) is 76.7 Å². The van der Waals surface area contributed by atoms with Crippen LogP contribution in [0.25, 0.3) is 5.65 Å². The maximum atomic E-state index is 10.3. The lowest BCUT2D eigenvalue weighted by atomic mass is 10.5. The summed E-state index contributed by atoms with van der Waals surface area (Å²) < 4.78 is 7.58. The monoisotopic (exact) mass is 285 g/mol. The fraction of sp³-hybridized carbons (Fsp3) is 0.222. The Bertz CT molecular complexity index is 526. The van der Waals surface area contributed by atoms with Crippen LogP contribution in [-0.4, -0.2) is 32.3 Å². The van der Waals surface area contributed by atoms with Crippen LogP contribution in [0.5, 0.6) is 0 Å². The van der Waals surface area contributed by atoms with E-state index < -0.39 is 5.97 Å². The Morgan fingerprint density at radius 3 is 3.06 bits per heavy atom. The molecular weight excluding hydrogens is 278 g/mol. The van der Waals surface area contributed by atoms with Crippen molar-refractivity contribution < 1.29 is 14.6 Å². The normalized spacial score (nSPS) is 10.8. The lowest BCUT2D eigenvalue weighted by molar-refractivity contribution is -0.142. The zero-order valence-electron chi connectivity index (χ0n) is 8.13. The van der Waals surface area contributed by atoms with E-state index in [0.29, 0.717) is 11.5 Å². The number of ether oxygens (including phenoxy) is 1. The molecule has 0 saturated carbocycles. The Labute approximate surface area is 99.0 Å². The number of rotatable bonds is 4. The Hall–Kier alpha value is -1.47. The van der Waals surface area contributed by atoms with Gasteiger partial charge in [-0.1, -0.05) is 0 Å². The lowest BCUT2D eigenvalue weighted by Crippen LogP contribution is -2.08. The highest BCUT2D eigenvalue weighted by Crippen LogP contribution is 2.12. The Morgan fingerprint density at radius 2 is 2.31 bits per heavy atom. The van der Waals surface area contributed by atoms with Gasteiger partial charge in [0.1, 0.15) is 13.2 Å². The summed E-state index contributed by atoms with van der Waals surface area (Å²) in [7, 11) is 0. The number of nitrogens with zero attached hydrogens (tertiary/aromatic N) is 3. The average Bonchev–Trinajstić information content (AvgIpc) is 2.60. The van der Waals surface area contributed by atoms with Crippen LogP contribution in [-0.2, 0) is 16.1 Å². The van der Waals surface area contributed by atoms with Gasteiger partial charge in [-0.3, -0.25) is 4.40 Å². The van der Waals surface area contributed by atoms with Gasteiger partial charge in [0, 0.05) is 10.7 Å². The maximum absolute atomic E-state index is 10.3. The molecule has 84 valence electrons. The van der Waals surface area contributed by atoms with Crippen molar-refractivity contribution in [1.82, 2.24) is 14.6 Å². The summed E-state index contributed by atoms with van der Waals surface area (Å²) in [4.78, 5) is 10.3. The molecule has 0 unspecified atom stereocenters. The molecule has 1 N–H and O–H groups in total. The molecule has 0 bridgehead atoms. The van der Waals surface area contributed by atoms with Gasteiger partial charge in [0.2, 0.25) is 0 Å². The summed E-state index contributed by atoms with van der Waals surface area (Å²) in [5, 5.41) is 16.3. The van der Waals surface area contributed by atoms with Gasteiger partial charge >= 0.3 is 5.97 Å². The van der Waals surface area contributed by atoms with Crippen LogP contribution in [0, 0.1) is 0 Å². The van der Waals surface area contributed by atoms with Crippen LogP contribution < -0.4 is 0 Å². The van der Waals surface area contributed by atoms with Gasteiger partial charge in [-0.2, -0.15) is 0 Å². The van der Waals surface area contributed by atoms with Crippen molar-refractivity contribution in [2.24, 2.45) is 0 Å². The van der Waals surface area contributed by atoms with E-state index in [1.165, 1.54) is 0 Å². The second kappa shape index (κ2) is 4.58. The smallest absolute Gasteiger partial charge is 0.329 e. The molecule has 0 aliphatic heterocycles. The molecule has 0 radical (unpaired) electrons. The molecule has 0 atom stereocenters. The zero-order valence-corrected chi connectivity index (χ0v) is 9.72. The SMILES string of the molecule is O=C(O)COCc1nnc2ccc(Br)cn12. The third-order valence-electron chi connectivity index (χ3n) is 1.89. The lowest BCUT2D eigenvalue weighted by Gasteiger charge is -2.00. The third kappa shape index (κ3) is 2.37. The van der Waals surface area contributed by atoms with Crippen LogP contribution >= 0.6 is 15.9 Å². The molecule has 0 aliphatic carbocycles. The van der Waals surface area contributed by atoms with Crippen molar-refractivity contribution in [3.63, 3.8) is 0 Å². The molecule has 7 heteroatoms. The highest BCUT2D eigenvalue weighted by molar-refractivity contribution is 9.10. The van der Waals surface area contributed by atoms with Gasteiger partial charge in [0.15, 0.2) is 11.5 Å². The molecule has 0 aromatic carbocycles. The predicted octanol–water partition coefficient (Wildman–Crippen LogP) is 1.09. The van der Waals surface area contributed by atoms with E-state index in [-0.39, 0.29) is 13.2 Å². The number of halogens is 1. The quantitative estimate of drug-likeness (QED) is 0.910. The van der Waals surface area contributed by atoms with Gasteiger partial charge < -0.3 is 9.84 Å². The molecule has 2 aromatic rings. The predicted molar refractivity (Wildman–Crippen MR) is 58.0 cm³/mol. The van der Waals surface area contributed by atoms with Crippen LogP contribution in [0.1, 0.15) is 5.82 Å². The van der Waals surface area contributed by atoms with Crippen LogP contribution in [0.15, 0.2) is 22.8 Å². The fourth-order valence-corrected chi connectivity index (χ4v) is 1.58. The molecule has 0 spiro atoms. The Kier molecular flexibility index (Phi) is 3.16. The van der Waals surface area contributed by atoms with Crippen LogP contribution in [0.4, 0.5) is 0 Å². The summed E-state index contributed by atoms with van der Waals surface area (Å²) in [6.07, 6.45) is 1.80. The molecule has 6 nitrogen and oxygen atoms in total. The number of hydrogen-bond acceptors (Lipinski definition) is 4. The van der Waals surface area contributed by atoms with E-state index in [1.807, 2.05) is 6.07 Å². The van der Waals surface area contributed by atoms with Crippen molar-refractivity contribution >= 4 is 27.5 Å². The number of aromatic nitrogens is 3. The van der Waals surface area contributed by atoms with Gasteiger partial charge in [0.05, 0.1) is 0 Å². The first kappa shape index (κ1) is 11.0. The van der Waals surface area contributed by atoms with Gasteiger partial charge in [-0.25, -0.2) is 4.79 Å². The largest absolute Gasteiger partial charge is 0.480 e. The highest BCUT2D eigenvalue weighted by atomic mass is 79.9. The first-order valence-corrected chi connectivity index (χ1v) is 5.25. The van der Waals surface area contributed by atoms with E-state index in [4.69, 9.17) is 9.84 Å². The molecule has 2 rings (SSSR count). The van der Waals surface area contributed by atoms with Crippen molar-refractivity contribution in [2.75, 3.05) is 6.61 Å². The first-order valence-electron chi connectivity index (χ1n) is 4.45. The first-order chi connectivity index (χ1) is 7.66. The van der Waals surface area contributed by atoms with Gasteiger partial charge in [0.25, 0.3) is 0 Å². The minimum Gasteiger partial charge on any atom is -0.480 e. The summed E-state index contributed by atoms with van der Waals surface area (Å²) >= 11 is 3.33. The Morgan fingerprint density at radius 1 is 1.50 bits per heavy atom. The summed E-state index contributed by atoms with van der Waals surface area (Å²) in [6, 6.07) is 3.66. The molecule has 2 aromatic heterocycles. The number of pyridine rings is 1. The molecule has 0 amide bonds. The van der Waals surface area contributed by atoms with Gasteiger partial charge in [-0.05, 0) is 28.1 Å².